The highest BCUT2D eigenvalue weighted by Gasteiger charge is 2.30. The lowest BCUT2D eigenvalue weighted by Crippen LogP contribution is -2.40. The average Bonchev–Trinajstić information content (AvgIpc) is 2.45. The van der Waals surface area contributed by atoms with Gasteiger partial charge in [0.15, 0.2) is 0 Å². The molecule has 0 aliphatic carbocycles. The summed E-state index contributed by atoms with van der Waals surface area (Å²) in [6.45, 7) is 5.46. The van der Waals surface area contributed by atoms with Gasteiger partial charge in [-0.15, -0.1) is 0 Å². The van der Waals surface area contributed by atoms with Crippen LogP contribution in [0.2, 0.25) is 0 Å². The molecule has 20 heavy (non-hydrogen) atoms. The topological polar surface area (TPSA) is 75.6 Å². The Hall–Kier alpha value is -1.10. The Kier molecular flexibility index (Phi) is 7.59. The Morgan fingerprint density at radius 3 is 2.55 bits per heavy atom. The van der Waals surface area contributed by atoms with Crippen molar-refractivity contribution in [2.45, 2.75) is 46.0 Å². The van der Waals surface area contributed by atoms with Gasteiger partial charge in [-0.1, -0.05) is 26.7 Å². The maximum atomic E-state index is 11.9. The van der Waals surface area contributed by atoms with E-state index in [1.165, 1.54) is 0 Å². The lowest BCUT2D eigenvalue weighted by Gasteiger charge is -2.28. The van der Waals surface area contributed by atoms with Gasteiger partial charge in [0.05, 0.1) is 5.92 Å². The van der Waals surface area contributed by atoms with Crippen LogP contribution in [-0.4, -0.2) is 36.7 Å². The maximum Gasteiger partial charge on any atom is 0.308 e. The molecule has 0 spiro atoms. The molecule has 1 saturated heterocycles. The van der Waals surface area contributed by atoms with E-state index in [9.17, 15) is 14.7 Å². The SMILES string of the molecule is CCCCC(C)C(=O)NCC(C(=O)O)C1CCOCC1. The van der Waals surface area contributed by atoms with Crippen molar-refractivity contribution in [3.05, 3.63) is 0 Å². The summed E-state index contributed by atoms with van der Waals surface area (Å²) in [5.74, 6) is -1.29. The Labute approximate surface area is 121 Å². The highest BCUT2D eigenvalue weighted by molar-refractivity contribution is 5.79. The fourth-order valence-electron chi connectivity index (χ4n) is 2.60. The van der Waals surface area contributed by atoms with Crippen LogP contribution >= 0.6 is 0 Å². The van der Waals surface area contributed by atoms with Crippen molar-refractivity contribution >= 4 is 11.9 Å². The lowest BCUT2D eigenvalue weighted by molar-refractivity contribution is -0.145. The quantitative estimate of drug-likeness (QED) is 0.715. The molecule has 1 aliphatic rings. The maximum absolute atomic E-state index is 11.9. The van der Waals surface area contributed by atoms with E-state index in [1.807, 2.05) is 6.92 Å². The molecular weight excluding hydrogens is 258 g/mol. The molecule has 2 atom stereocenters. The smallest absolute Gasteiger partial charge is 0.308 e. The summed E-state index contributed by atoms with van der Waals surface area (Å²) in [4.78, 5) is 23.3. The second-order valence-corrected chi connectivity index (χ2v) is 5.68. The summed E-state index contributed by atoms with van der Waals surface area (Å²) < 4.78 is 5.26. The molecule has 1 amide bonds. The molecule has 0 aromatic carbocycles. The molecule has 0 aromatic heterocycles. The zero-order valence-corrected chi connectivity index (χ0v) is 12.6. The predicted molar refractivity (Wildman–Crippen MR) is 76.4 cm³/mol. The molecule has 1 fully saturated rings. The van der Waals surface area contributed by atoms with Crippen LogP contribution in [0.4, 0.5) is 0 Å². The monoisotopic (exact) mass is 285 g/mol. The molecule has 2 unspecified atom stereocenters. The molecule has 0 aromatic rings. The van der Waals surface area contributed by atoms with Gasteiger partial charge in [-0.2, -0.15) is 0 Å². The van der Waals surface area contributed by atoms with Gasteiger partial charge in [-0.25, -0.2) is 0 Å². The van der Waals surface area contributed by atoms with E-state index in [0.717, 1.165) is 32.1 Å². The van der Waals surface area contributed by atoms with Gasteiger partial charge in [0.25, 0.3) is 0 Å². The number of carboxylic acids is 1. The third kappa shape index (κ3) is 5.49. The van der Waals surface area contributed by atoms with Crippen molar-refractivity contribution in [1.29, 1.82) is 0 Å². The Morgan fingerprint density at radius 2 is 2.00 bits per heavy atom. The van der Waals surface area contributed by atoms with Gasteiger partial charge in [-0.3, -0.25) is 9.59 Å². The number of hydrogen-bond donors (Lipinski definition) is 2. The predicted octanol–water partition coefficient (Wildman–Crippen LogP) is 2.06. The molecule has 5 heteroatoms. The molecule has 116 valence electrons. The van der Waals surface area contributed by atoms with Crippen molar-refractivity contribution in [3.8, 4) is 0 Å². The number of nitrogens with one attached hydrogen (secondary N) is 1. The van der Waals surface area contributed by atoms with E-state index >= 15 is 0 Å². The first-order valence-corrected chi connectivity index (χ1v) is 7.64. The molecule has 1 rings (SSSR count). The zero-order valence-electron chi connectivity index (χ0n) is 12.6. The summed E-state index contributed by atoms with van der Waals surface area (Å²) in [6, 6.07) is 0. The number of aliphatic carboxylic acids is 1. The minimum Gasteiger partial charge on any atom is -0.481 e. The lowest BCUT2D eigenvalue weighted by atomic mass is 9.86. The van der Waals surface area contributed by atoms with Crippen molar-refractivity contribution in [2.75, 3.05) is 19.8 Å². The second kappa shape index (κ2) is 8.95. The minimum atomic E-state index is -0.821. The fourth-order valence-corrected chi connectivity index (χ4v) is 2.60. The van der Waals surface area contributed by atoms with Gasteiger partial charge in [0, 0.05) is 25.7 Å². The summed E-state index contributed by atoms with van der Waals surface area (Å²) in [7, 11) is 0. The van der Waals surface area contributed by atoms with Crippen molar-refractivity contribution in [2.24, 2.45) is 17.8 Å². The molecule has 1 heterocycles. The van der Waals surface area contributed by atoms with Crippen LogP contribution in [0.1, 0.15) is 46.0 Å². The van der Waals surface area contributed by atoms with E-state index < -0.39 is 11.9 Å². The number of unbranched alkanes of at least 4 members (excludes halogenated alkanes) is 1. The molecule has 1 aliphatic heterocycles. The first kappa shape index (κ1) is 17.0. The Bertz CT molecular complexity index is 313. The fraction of sp³-hybridized carbons (Fsp3) is 0.867. The standard InChI is InChI=1S/C15H27NO4/c1-3-4-5-11(2)14(17)16-10-13(15(18)19)12-6-8-20-9-7-12/h11-13H,3-10H2,1-2H3,(H,16,17)(H,18,19). The third-order valence-electron chi connectivity index (χ3n) is 4.09. The number of rotatable bonds is 8. The van der Waals surface area contributed by atoms with Crippen LogP contribution in [-0.2, 0) is 14.3 Å². The van der Waals surface area contributed by atoms with E-state index in [-0.39, 0.29) is 24.3 Å². The van der Waals surface area contributed by atoms with Crippen LogP contribution < -0.4 is 5.32 Å². The highest BCUT2D eigenvalue weighted by Crippen LogP contribution is 2.24. The molecular formula is C15H27NO4. The van der Waals surface area contributed by atoms with E-state index in [4.69, 9.17) is 4.74 Å². The van der Waals surface area contributed by atoms with Gasteiger partial charge in [0.2, 0.25) is 5.91 Å². The van der Waals surface area contributed by atoms with E-state index in [2.05, 4.69) is 12.2 Å². The van der Waals surface area contributed by atoms with E-state index in [0.29, 0.717) is 13.2 Å². The van der Waals surface area contributed by atoms with Crippen molar-refractivity contribution < 1.29 is 19.4 Å². The minimum absolute atomic E-state index is 0.0308. The second-order valence-electron chi connectivity index (χ2n) is 5.68. The number of carbonyl (C=O) groups is 2. The number of carbonyl (C=O) groups excluding carboxylic acids is 1. The van der Waals surface area contributed by atoms with Crippen molar-refractivity contribution in [1.82, 2.24) is 5.32 Å². The van der Waals surface area contributed by atoms with Crippen LogP contribution in [0.3, 0.4) is 0 Å². The van der Waals surface area contributed by atoms with Gasteiger partial charge < -0.3 is 15.2 Å². The van der Waals surface area contributed by atoms with Crippen LogP contribution in [0.5, 0.6) is 0 Å². The summed E-state index contributed by atoms with van der Waals surface area (Å²) >= 11 is 0. The molecule has 0 saturated carbocycles. The highest BCUT2D eigenvalue weighted by atomic mass is 16.5. The number of ether oxygens (including phenoxy) is 1. The zero-order chi connectivity index (χ0) is 15.0. The van der Waals surface area contributed by atoms with Gasteiger partial charge in [-0.05, 0) is 25.2 Å². The molecule has 2 N–H and O–H groups in total. The molecule has 0 radical (unpaired) electrons. The molecule has 5 nitrogen and oxygen atoms in total. The summed E-state index contributed by atoms with van der Waals surface area (Å²) in [6.07, 6.45) is 4.47. The molecule has 0 bridgehead atoms. The Morgan fingerprint density at radius 1 is 1.35 bits per heavy atom. The van der Waals surface area contributed by atoms with Crippen LogP contribution in [0.25, 0.3) is 0 Å². The first-order valence-electron chi connectivity index (χ1n) is 7.64. The van der Waals surface area contributed by atoms with Gasteiger partial charge >= 0.3 is 5.97 Å². The van der Waals surface area contributed by atoms with E-state index in [1.54, 1.807) is 0 Å². The Balaban J connectivity index is 2.42. The largest absolute Gasteiger partial charge is 0.481 e. The first-order chi connectivity index (χ1) is 9.56. The van der Waals surface area contributed by atoms with Crippen molar-refractivity contribution in [3.63, 3.8) is 0 Å². The average molecular weight is 285 g/mol. The van der Waals surface area contributed by atoms with Crippen LogP contribution in [0.15, 0.2) is 0 Å². The summed E-state index contributed by atoms with van der Waals surface area (Å²) in [5, 5.41) is 12.1. The number of amides is 1. The number of carboxylic acid groups (broad SMARTS) is 1. The third-order valence-corrected chi connectivity index (χ3v) is 4.09. The summed E-state index contributed by atoms with van der Waals surface area (Å²) in [5.41, 5.74) is 0. The van der Waals surface area contributed by atoms with Crippen LogP contribution in [0, 0.1) is 17.8 Å². The number of hydrogen-bond acceptors (Lipinski definition) is 3. The normalized spacial score (nSPS) is 19.3. The van der Waals surface area contributed by atoms with Gasteiger partial charge in [0.1, 0.15) is 0 Å².